The Hall–Kier alpha value is -2.67. The van der Waals surface area contributed by atoms with Crippen molar-refractivity contribution in [3.05, 3.63) is 78.5 Å². The molecule has 3 rings (SSSR count). The lowest BCUT2D eigenvalue weighted by molar-refractivity contribution is 1.35. The molecule has 0 aliphatic carbocycles. The van der Waals surface area contributed by atoms with Gasteiger partial charge in [-0.1, -0.05) is 67.3 Å². The van der Waals surface area contributed by atoms with E-state index in [1.807, 2.05) is 43.5 Å². The SMILES string of the molecule is C=Cc1c(/C=C\C)ccc2c(-c3ccccc3)nccc12. The van der Waals surface area contributed by atoms with Gasteiger partial charge in [0.05, 0.1) is 5.69 Å². The Labute approximate surface area is 125 Å². The largest absolute Gasteiger partial charge is 0.256 e. The molecular formula is C20H17N. The maximum absolute atomic E-state index is 4.58. The number of benzene rings is 2. The molecule has 3 aromatic rings. The molecule has 21 heavy (non-hydrogen) atoms. The van der Waals surface area contributed by atoms with E-state index < -0.39 is 0 Å². The molecule has 0 aliphatic rings. The number of pyridine rings is 1. The lowest BCUT2D eigenvalue weighted by atomic mass is 9.96. The number of nitrogens with zero attached hydrogens (tertiary/aromatic N) is 1. The Balaban J connectivity index is 2.33. The van der Waals surface area contributed by atoms with Gasteiger partial charge in [-0.15, -0.1) is 0 Å². The Morgan fingerprint density at radius 1 is 0.952 bits per heavy atom. The molecule has 0 fully saturated rings. The Morgan fingerprint density at radius 3 is 2.48 bits per heavy atom. The summed E-state index contributed by atoms with van der Waals surface area (Å²) in [6.07, 6.45) is 7.95. The van der Waals surface area contributed by atoms with Crippen molar-refractivity contribution in [2.45, 2.75) is 6.92 Å². The summed E-state index contributed by atoms with van der Waals surface area (Å²) in [5.74, 6) is 0. The number of hydrogen-bond acceptors (Lipinski definition) is 1. The second-order valence-corrected chi connectivity index (χ2v) is 4.89. The van der Waals surface area contributed by atoms with Gasteiger partial charge in [-0.3, -0.25) is 4.98 Å². The van der Waals surface area contributed by atoms with E-state index in [0.29, 0.717) is 0 Å². The molecule has 0 amide bonds. The van der Waals surface area contributed by atoms with Gasteiger partial charge in [-0.25, -0.2) is 0 Å². The molecule has 1 nitrogen and oxygen atoms in total. The summed E-state index contributed by atoms with van der Waals surface area (Å²) in [7, 11) is 0. The van der Waals surface area contributed by atoms with Crippen LogP contribution in [0, 0.1) is 0 Å². The zero-order valence-corrected chi connectivity index (χ0v) is 12.1. The summed E-state index contributed by atoms with van der Waals surface area (Å²) in [5, 5.41) is 2.35. The van der Waals surface area contributed by atoms with Crippen molar-refractivity contribution in [3.63, 3.8) is 0 Å². The van der Waals surface area contributed by atoms with Crippen LogP contribution in [0.15, 0.2) is 67.4 Å². The predicted octanol–water partition coefficient (Wildman–Crippen LogP) is 5.58. The van der Waals surface area contributed by atoms with E-state index in [9.17, 15) is 0 Å². The van der Waals surface area contributed by atoms with E-state index in [1.165, 1.54) is 10.9 Å². The minimum absolute atomic E-state index is 1.02. The Kier molecular flexibility index (Phi) is 3.65. The summed E-state index contributed by atoms with van der Waals surface area (Å²) < 4.78 is 0. The molecule has 0 saturated carbocycles. The Morgan fingerprint density at radius 2 is 1.76 bits per heavy atom. The average molecular weight is 271 g/mol. The van der Waals surface area contributed by atoms with Crippen LogP contribution >= 0.6 is 0 Å². The predicted molar refractivity (Wildman–Crippen MR) is 92.0 cm³/mol. The molecular weight excluding hydrogens is 254 g/mol. The Bertz CT molecular complexity index is 814. The number of rotatable bonds is 3. The molecule has 1 heteroatoms. The van der Waals surface area contributed by atoms with Crippen molar-refractivity contribution >= 4 is 22.9 Å². The van der Waals surface area contributed by atoms with Crippen LogP contribution in [0.1, 0.15) is 18.1 Å². The van der Waals surface area contributed by atoms with Crippen molar-refractivity contribution in [1.82, 2.24) is 4.98 Å². The monoisotopic (exact) mass is 271 g/mol. The van der Waals surface area contributed by atoms with Crippen LogP contribution in [-0.4, -0.2) is 4.98 Å². The minimum atomic E-state index is 1.02. The molecule has 0 atom stereocenters. The van der Waals surface area contributed by atoms with Gasteiger partial charge in [0.15, 0.2) is 0 Å². The van der Waals surface area contributed by atoms with Crippen molar-refractivity contribution in [2.24, 2.45) is 0 Å². The van der Waals surface area contributed by atoms with E-state index in [2.05, 4.69) is 48.0 Å². The third-order valence-corrected chi connectivity index (χ3v) is 3.62. The highest BCUT2D eigenvalue weighted by atomic mass is 14.7. The molecule has 0 radical (unpaired) electrons. The fourth-order valence-corrected chi connectivity index (χ4v) is 2.67. The molecule has 0 bridgehead atoms. The molecule has 1 aromatic heterocycles. The van der Waals surface area contributed by atoms with Crippen LogP contribution in [0.3, 0.4) is 0 Å². The second-order valence-electron chi connectivity index (χ2n) is 4.89. The van der Waals surface area contributed by atoms with E-state index in [4.69, 9.17) is 0 Å². The normalized spacial score (nSPS) is 11.1. The summed E-state index contributed by atoms with van der Waals surface area (Å²) in [5.41, 5.74) is 4.50. The van der Waals surface area contributed by atoms with Gasteiger partial charge in [0, 0.05) is 17.1 Å². The molecule has 0 saturated heterocycles. The third kappa shape index (κ3) is 2.38. The van der Waals surface area contributed by atoms with Crippen molar-refractivity contribution in [2.75, 3.05) is 0 Å². The van der Waals surface area contributed by atoms with E-state index >= 15 is 0 Å². The number of hydrogen-bond donors (Lipinski definition) is 0. The summed E-state index contributed by atoms with van der Waals surface area (Å²) >= 11 is 0. The van der Waals surface area contributed by atoms with Crippen molar-refractivity contribution in [1.29, 1.82) is 0 Å². The van der Waals surface area contributed by atoms with Gasteiger partial charge in [0.2, 0.25) is 0 Å². The summed E-state index contributed by atoms with van der Waals surface area (Å²) in [4.78, 5) is 4.58. The minimum Gasteiger partial charge on any atom is -0.256 e. The molecule has 102 valence electrons. The highest BCUT2D eigenvalue weighted by Crippen LogP contribution is 2.31. The standard InChI is InChI=1S/C20H17N/c1-3-8-15-11-12-19-18(17(15)4-2)13-14-21-20(19)16-9-6-5-7-10-16/h3-14H,2H2,1H3/b8-3-. The number of allylic oxidation sites excluding steroid dienone is 1. The molecule has 1 heterocycles. The van der Waals surface area contributed by atoms with Crippen LogP contribution in [0.4, 0.5) is 0 Å². The van der Waals surface area contributed by atoms with E-state index in [1.54, 1.807) is 0 Å². The van der Waals surface area contributed by atoms with Crippen LogP contribution in [0.2, 0.25) is 0 Å². The quantitative estimate of drug-likeness (QED) is 0.606. The maximum Gasteiger partial charge on any atom is 0.0780 e. The fourth-order valence-electron chi connectivity index (χ4n) is 2.67. The first-order chi connectivity index (χ1) is 10.3. The van der Waals surface area contributed by atoms with Crippen molar-refractivity contribution in [3.8, 4) is 11.3 Å². The molecule has 0 unspecified atom stereocenters. The van der Waals surface area contributed by atoms with Gasteiger partial charge in [0.25, 0.3) is 0 Å². The average Bonchev–Trinajstić information content (AvgIpc) is 2.55. The second kappa shape index (κ2) is 5.76. The van der Waals surface area contributed by atoms with Crippen LogP contribution in [-0.2, 0) is 0 Å². The smallest absolute Gasteiger partial charge is 0.0780 e. The summed E-state index contributed by atoms with van der Waals surface area (Å²) in [6, 6.07) is 16.6. The van der Waals surface area contributed by atoms with Crippen LogP contribution < -0.4 is 0 Å². The summed E-state index contributed by atoms with van der Waals surface area (Å²) in [6.45, 7) is 6.00. The van der Waals surface area contributed by atoms with Gasteiger partial charge in [-0.05, 0) is 29.5 Å². The third-order valence-electron chi connectivity index (χ3n) is 3.62. The first-order valence-electron chi connectivity index (χ1n) is 7.07. The zero-order chi connectivity index (χ0) is 14.7. The maximum atomic E-state index is 4.58. The lowest BCUT2D eigenvalue weighted by Gasteiger charge is -2.10. The fraction of sp³-hybridized carbons (Fsp3) is 0.0500. The highest BCUT2D eigenvalue weighted by Gasteiger charge is 2.08. The van der Waals surface area contributed by atoms with Gasteiger partial charge >= 0.3 is 0 Å². The first kappa shape index (κ1) is 13.3. The number of aromatic nitrogens is 1. The van der Waals surface area contributed by atoms with Crippen LogP contribution in [0.5, 0.6) is 0 Å². The molecule has 0 N–H and O–H groups in total. The lowest BCUT2D eigenvalue weighted by Crippen LogP contribution is -1.90. The molecule has 0 spiro atoms. The van der Waals surface area contributed by atoms with Gasteiger partial charge in [-0.2, -0.15) is 0 Å². The van der Waals surface area contributed by atoms with E-state index in [0.717, 1.165) is 22.2 Å². The molecule has 2 aromatic carbocycles. The first-order valence-corrected chi connectivity index (χ1v) is 7.07. The van der Waals surface area contributed by atoms with Gasteiger partial charge in [0.1, 0.15) is 0 Å². The highest BCUT2D eigenvalue weighted by molar-refractivity contribution is 6.00. The van der Waals surface area contributed by atoms with Crippen LogP contribution in [0.25, 0.3) is 34.2 Å². The number of fused-ring (bicyclic) bond motifs is 1. The zero-order valence-electron chi connectivity index (χ0n) is 12.1. The van der Waals surface area contributed by atoms with E-state index in [-0.39, 0.29) is 0 Å². The molecule has 0 aliphatic heterocycles. The van der Waals surface area contributed by atoms with Crippen molar-refractivity contribution < 1.29 is 0 Å². The van der Waals surface area contributed by atoms with Gasteiger partial charge < -0.3 is 0 Å². The topological polar surface area (TPSA) is 12.9 Å².